The maximum Gasteiger partial charge on any atom is 0.421 e. The summed E-state index contributed by atoms with van der Waals surface area (Å²) >= 11 is 0. The highest BCUT2D eigenvalue weighted by Gasteiger charge is 2.49. The van der Waals surface area contributed by atoms with Crippen molar-refractivity contribution >= 4 is 5.82 Å². The molecule has 31 heavy (non-hydrogen) atoms. The molecule has 0 aliphatic heterocycles. The Bertz CT molecular complexity index is 927. The number of anilines is 1. The zero-order valence-electron chi connectivity index (χ0n) is 17.7. The lowest BCUT2D eigenvalue weighted by Gasteiger charge is -2.51. The Kier molecular flexibility index (Phi) is 6.23. The number of hydrogen-bond acceptors (Lipinski definition) is 5. The molecule has 10 heteroatoms. The zero-order chi connectivity index (χ0) is 23.0. The summed E-state index contributed by atoms with van der Waals surface area (Å²) in [5, 5.41) is 2.90. The van der Waals surface area contributed by atoms with E-state index in [1.807, 2.05) is 13.8 Å². The molecule has 0 spiro atoms. The van der Waals surface area contributed by atoms with E-state index in [1.54, 1.807) is 7.11 Å². The van der Waals surface area contributed by atoms with Gasteiger partial charge in [0.15, 0.2) is 0 Å². The molecule has 3 rings (SSSR count). The lowest BCUT2D eigenvalue weighted by atomic mass is 9.64. The molecule has 2 aromatic rings. The van der Waals surface area contributed by atoms with Crippen molar-refractivity contribution in [2.24, 2.45) is 5.41 Å². The molecule has 2 atom stereocenters. The number of nitrogens with one attached hydrogen (secondary N) is 1. The van der Waals surface area contributed by atoms with Gasteiger partial charge < -0.3 is 10.1 Å². The molecule has 0 bridgehead atoms. The highest BCUT2D eigenvalue weighted by molar-refractivity contribution is 5.47. The average Bonchev–Trinajstić information content (AvgIpc) is 2.68. The van der Waals surface area contributed by atoms with E-state index in [0.29, 0.717) is 12.0 Å². The Labute approximate surface area is 177 Å². The van der Waals surface area contributed by atoms with Crippen LogP contribution >= 0.6 is 0 Å². The summed E-state index contributed by atoms with van der Waals surface area (Å²) in [6, 6.07) is 0.978. The average molecular weight is 444 g/mol. The van der Waals surface area contributed by atoms with Crippen LogP contribution in [0.4, 0.5) is 27.8 Å². The van der Waals surface area contributed by atoms with Crippen LogP contribution in [-0.4, -0.2) is 34.2 Å². The molecule has 5 nitrogen and oxygen atoms in total. The van der Waals surface area contributed by atoms with Crippen molar-refractivity contribution in [2.45, 2.75) is 64.3 Å². The number of ether oxygens (including phenoxy) is 1. The highest BCUT2D eigenvalue weighted by atomic mass is 19.4. The first kappa shape index (κ1) is 23.3. The second kappa shape index (κ2) is 8.29. The molecular formula is C21H25F5N4O. The summed E-state index contributed by atoms with van der Waals surface area (Å²) in [6.07, 6.45) is -0.587. The Morgan fingerprint density at radius 1 is 1.13 bits per heavy atom. The minimum Gasteiger partial charge on any atom is -0.381 e. The van der Waals surface area contributed by atoms with Gasteiger partial charge in [0.1, 0.15) is 17.2 Å². The van der Waals surface area contributed by atoms with Crippen LogP contribution in [0.1, 0.15) is 49.7 Å². The van der Waals surface area contributed by atoms with Crippen molar-refractivity contribution in [1.29, 1.82) is 0 Å². The number of halogens is 5. The molecule has 1 N–H and O–H groups in total. The standard InChI is InChI=1S/C21H25F5N4O/c1-19(2)15(9-16(19)31-4)29-18-14(21(24,25)26)11-28-17(30-18)6-5-12-10-27-8-7-13(12)20(3,22)23/h7-8,10-11,15-16H,5-6,9H2,1-4H3,(H,28,29,30). The van der Waals surface area contributed by atoms with Crippen molar-refractivity contribution in [3.63, 3.8) is 0 Å². The number of methoxy groups -OCH3 is 1. The fourth-order valence-electron chi connectivity index (χ4n) is 3.85. The first-order valence-corrected chi connectivity index (χ1v) is 9.87. The first-order valence-electron chi connectivity index (χ1n) is 9.87. The number of nitrogens with zero attached hydrogens (tertiary/aromatic N) is 3. The number of aryl methyl sites for hydroxylation is 2. The Balaban J connectivity index is 1.83. The smallest absolute Gasteiger partial charge is 0.381 e. The van der Waals surface area contributed by atoms with E-state index in [4.69, 9.17) is 4.74 Å². The predicted molar refractivity (Wildman–Crippen MR) is 105 cm³/mol. The van der Waals surface area contributed by atoms with E-state index < -0.39 is 17.7 Å². The molecule has 0 radical (unpaired) electrons. The highest BCUT2D eigenvalue weighted by Crippen LogP contribution is 2.45. The van der Waals surface area contributed by atoms with Gasteiger partial charge in [0, 0.05) is 56.1 Å². The van der Waals surface area contributed by atoms with Gasteiger partial charge in [0.05, 0.1) is 6.10 Å². The van der Waals surface area contributed by atoms with Crippen molar-refractivity contribution in [1.82, 2.24) is 15.0 Å². The van der Waals surface area contributed by atoms with Gasteiger partial charge in [-0.15, -0.1) is 0 Å². The fourth-order valence-corrected chi connectivity index (χ4v) is 3.85. The zero-order valence-corrected chi connectivity index (χ0v) is 17.7. The summed E-state index contributed by atoms with van der Waals surface area (Å²) in [4.78, 5) is 11.8. The van der Waals surface area contributed by atoms with Crippen LogP contribution in [0, 0.1) is 5.41 Å². The van der Waals surface area contributed by atoms with Gasteiger partial charge in [-0.25, -0.2) is 18.7 Å². The molecule has 0 amide bonds. The minimum atomic E-state index is -4.63. The molecule has 0 saturated heterocycles. The van der Waals surface area contributed by atoms with Gasteiger partial charge in [-0.05, 0) is 24.5 Å². The summed E-state index contributed by atoms with van der Waals surface area (Å²) in [6.45, 7) is 4.61. The van der Waals surface area contributed by atoms with E-state index in [0.717, 1.165) is 13.1 Å². The van der Waals surface area contributed by atoms with Gasteiger partial charge in [-0.1, -0.05) is 13.8 Å². The maximum absolute atomic E-state index is 13.8. The Morgan fingerprint density at radius 2 is 1.84 bits per heavy atom. The van der Waals surface area contributed by atoms with Crippen molar-refractivity contribution in [2.75, 3.05) is 12.4 Å². The quantitative estimate of drug-likeness (QED) is 0.609. The molecule has 170 valence electrons. The van der Waals surface area contributed by atoms with Crippen LogP contribution in [-0.2, 0) is 29.7 Å². The van der Waals surface area contributed by atoms with Gasteiger partial charge >= 0.3 is 6.18 Å². The molecule has 1 saturated carbocycles. The fraction of sp³-hybridized carbons (Fsp3) is 0.571. The number of hydrogen-bond donors (Lipinski definition) is 1. The van der Waals surface area contributed by atoms with Gasteiger partial charge in [-0.2, -0.15) is 13.2 Å². The first-order chi connectivity index (χ1) is 14.3. The monoisotopic (exact) mass is 444 g/mol. The molecule has 2 aromatic heterocycles. The van der Waals surface area contributed by atoms with Crippen molar-refractivity contribution in [3.05, 3.63) is 47.2 Å². The van der Waals surface area contributed by atoms with Crippen molar-refractivity contribution < 1.29 is 26.7 Å². The van der Waals surface area contributed by atoms with Crippen LogP contribution in [0.25, 0.3) is 0 Å². The minimum absolute atomic E-state index is 0.0691. The SMILES string of the molecule is COC1CC(Nc2nc(CCc3cnccc3C(C)(F)F)ncc2C(F)(F)F)C1(C)C. The van der Waals surface area contributed by atoms with Gasteiger partial charge in [0.25, 0.3) is 5.92 Å². The molecule has 1 fully saturated rings. The largest absolute Gasteiger partial charge is 0.421 e. The lowest BCUT2D eigenvalue weighted by Crippen LogP contribution is -2.58. The third kappa shape index (κ3) is 4.94. The Morgan fingerprint density at radius 3 is 2.42 bits per heavy atom. The topological polar surface area (TPSA) is 59.9 Å². The number of rotatable bonds is 7. The van der Waals surface area contributed by atoms with Crippen LogP contribution < -0.4 is 5.32 Å². The molecule has 2 heterocycles. The Hall–Kier alpha value is -2.36. The van der Waals surface area contributed by atoms with E-state index in [2.05, 4.69) is 20.3 Å². The maximum atomic E-state index is 13.8. The summed E-state index contributed by atoms with van der Waals surface area (Å²) in [5.74, 6) is -3.23. The molecule has 1 aliphatic rings. The molecule has 0 aromatic carbocycles. The van der Waals surface area contributed by atoms with Crippen LogP contribution in [0.2, 0.25) is 0 Å². The third-order valence-corrected chi connectivity index (χ3v) is 5.91. The second-order valence-corrected chi connectivity index (χ2v) is 8.45. The van der Waals surface area contributed by atoms with Gasteiger partial charge in [0.2, 0.25) is 0 Å². The third-order valence-electron chi connectivity index (χ3n) is 5.91. The molecule has 2 unspecified atom stereocenters. The summed E-state index contributed by atoms with van der Waals surface area (Å²) < 4.78 is 73.4. The predicted octanol–water partition coefficient (Wildman–Crippen LogP) is 5.01. The number of alkyl halides is 5. The van der Waals surface area contributed by atoms with Crippen LogP contribution in [0.15, 0.2) is 24.7 Å². The number of aromatic nitrogens is 3. The number of pyridine rings is 1. The van der Waals surface area contributed by atoms with Crippen LogP contribution in [0.5, 0.6) is 0 Å². The lowest BCUT2D eigenvalue weighted by molar-refractivity contribution is -0.137. The van der Waals surface area contributed by atoms with E-state index >= 15 is 0 Å². The van der Waals surface area contributed by atoms with Gasteiger partial charge in [-0.3, -0.25) is 4.98 Å². The molecular weight excluding hydrogens is 419 g/mol. The normalized spacial score (nSPS) is 20.9. The molecule has 1 aliphatic carbocycles. The van der Waals surface area contributed by atoms with E-state index in [1.165, 1.54) is 18.5 Å². The van der Waals surface area contributed by atoms with Crippen LogP contribution in [0.3, 0.4) is 0 Å². The summed E-state index contributed by atoms with van der Waals surface area (Å²) in [7, 11) is 1.57. The van der Waals surface area contributed by atoms with E-state index in [9.17, 15) is 22.0 Å². The summed E-state index contributed by atoms with van der Waals surface area (Å²) in [5.41, 5.74) is -1.21. The second-order valence-electron chi connectivity index (χ2n) is 8.45. The van der Waals surface area contributed by atoms with Crippen molar-refractivity contribution in [3.8, 4) is 0 Å². The van der Waals surface area contributed by atoms with E-state index in [-0.39, 0.29) is 47.6 Å².